The normalized spacial score (nSPS) is 15.5. The Morgan fingerprint density at radius 3 is 1.51 bits per heavy atom. The van der Waals surface area contributed by atoms with Crippen LogP contribution in [0.4, 0.5) is 34.1 Å². The van der Waals surface area contributed by atoms with Gasteiger partial charge in [-0.15, -0.1) is 0 Å². The second-order valence-electron chi connectivity index (χ2n) is 16.7. The topological polar surface area (TPSA) is 11.4 Å². The molecule has 1 aromatic heterocycles. The maximum Gasteiger partial charge on any atom is 0.0546 e. The largest absolute Gasteiger partial charge is 0.310 e. The van der Waals surface area contributed by atoms with Crippen LogP contribution in [0.2, 0.25) is 0 Å². The van der Waals surface area contributed by atoms with E-state index in [1.165, 1.54) is 94.9 Å². The van der Waals surface area contributed by atoms with Crippen molar-refractivity contribution in [3.63, 3.8) is 0 Å². The summed E-state index contributed by atoms with van der Waals surface area (Å²) in [5.74, 6) is 0. The van der Waals surface area contributed by atoms with E-state index >= 15 is 0 Å². The molecule has 0 saturated carbocycles. The third-order valence-corrected chi connectivity index (χ3v) is 13.3. The minimum Gasteiger partial charge on any atom is -0.310 e. The molecule has 1 atom stereocenters. The van der Waals surface area contributed by atoms with E-state index in [2.05, 4.69) is 217 Å². The standard InChI is InChI=1S/C56H47N3/c1-38-34-39(2)54-53(35-38)59(46-22-14-7-15-23-46)52-29-28-51(40(3)55(52)54)58(45-20-12-6-13-21-45)48-27-25-42-31-33-56(50(42)37-48)32-30-41-24-26-47(36-49(41)56)57(43-16-8-4-9-17-43)44-18-10-5-11-19-44/h4-29,34-37H,30-33H2,1-3H3/t56-/m1/s1. The van der Waals surface area contributed by atoms with E-state index in [4.69, 9.17) is 0 Å². The second kappa shape index (κ2) is 13.9. The van der Waals surface area contributed by atoms with Gasteiger partial charge in [0.25, 0.3) is 0 Å². The van der Waals surface area contributed by atoms with Crippen molar-refractivity contribution in [3.05, 3.63) is 221 Å². The molecule has 0 amide bonds. The Morgan fingerprint density at radius 2 is 0.949 bits per heavy atom. The molecule has 1 spiro atoms. The number of rotatable bonds is 7. The third-order valence-electron chi connectivity index (χ3n) is 13.3. The summed E-state index contributed by atoms with van der Waals surface area (Å²) in [7, 11) is 0. The molecule has 1 heterocycles. The first-order valence-electron chi connectivity index (χ1n) is 21.1. The van der Waals surface area contributed by atoms with Crippen molar-refractivity contribution in [2.45, 2.75) is 51.9 Å². The SMILES string of the molecule is Cc1cc(C)c2c3c(C)c(N(c4ccccc4)c4ccc5c(c4)[C@]4(CCc6ccc(N(c7ccccc7)c7ccccc7)cc64)CC5)ccc3n(-c3ccccc3)c2c1. The van der Waals surface area contributed by atoms with Crippen LogP contribution < -0.4 is 9.80 Å². The summed E-state index contributed by atoms with van der Waals surface area (Å²) in [5, 5.41) is 2.64. The lowest BCUT2D eigenvalue weighted by molar-refractivity contribution is 0.507. The zero-order chi connectivity index (χ0) is 39.7. The molecule has 0 bridgehead atoms. The molecular weight excluding hydrogens is 715 g/mol. The average molecular weight is 762 g/mol. The Labute approximate surface area is 347 Å². The van der Waals surface area contributed by atoms with E-state index < -0.39 is 0 Å². The van der Waals surface area contributed by atoms with Crippen LogP contribution in [0.15, 0.2) is 182 Å². The minimum atomic E-state index is -0.0326. The smallest absolute Gasteiger partial charge is 0.0546 e. The molecule has 8 aromatic carbocycles. The number of hydrogen-bond donors (Lipinski definition) is 0. The highest BCUT2D eigenvalue weighted by atomic mass is 15.2. The molecule has 9 aromatic rings. The van der Waals surface area contributed by atoms with E-state index in [0.29, 0.717) is 0 Å². The Bertz CT molecular complexity index is 2980. The van der Waals surface area contributed by atoms with Crippen molar-refractivity contribution >= 4 is 55.9 Å². The number of para-hydroxylation sites is 4. The van der Waals surface area contributed by atoms with Crippen LogP contribution in [0.3, 0.4) is 0 Å². The molecule has 2 aliphatic rings. The van der Waals surface area contributed by atoms with Crippen LogP contribution in [-0.2, 0) is 18.3 Å². The Hall–Kier alpha value is -6.84. The zero-order valence-electron chi connectivity index (χ0n) is 34.0. The van der Waals surface area contributed by atoms with Crippen molar-refractivity contribution < 1.29 is 0 Å². The van der Waals surface area contributed by atoms with Crippen LogP contribution in [0, 0.1) is 20.8 Å². The fourth-order valence-electron chi connectivity index (χ4n) is 10.7. The average Bonchev–Trinajstić information content (AvgIpc) is 3.95. The van der Waals surface area contributed by atoms with Gasteiger partial charge in [-0.05, 0) is 176 Å². The number of aryl methyl sites for hydroxylation is 5. The van der Waals surface area contributed by atoms with E-state index in [-0.39, 0.29) is 5.41 Å². The van der Waals surface area contributed by atoms with E-state index in [0.717, 1.165) is 31.4 Å². The Morgan fingerprint density at radius 1 is 0.441 bits per heavy atom. The lowest BCUT2D eigenvalue weighted by atomic mass is 9.76. The first-order chi connectivity index (χ1) is 29.0. The summed E-state index contributed by atoms with van der Waals surface area (Å²) in [6, 6.07) is 67.4. The minimum absolute atomic E-state index is 0.0326. The van der Waals surface area contributed by atoms with Crippen molar-refractivity contribution in [1.29, 1.82) is 0 Å². The summed E-state index contributed by atoms with van der Waals surface area (Å²) in [5.41, 5.74) is 20.6. The molecule has 3 nitrogen and oxygen atoms in total. The van der Waals surface area contributed by atoms with Gasteiger partial charge in [0.1, 0.15) is 0 Å². The van der Waals surface area contributed by atoms with Gasteiger partial charge in [0.15, 0.2) is 0 Å². The summed E-state index contributed by atoms with van der Waals surface area (Å²) in [6.45, 7) is 6.81. The van der Waals surface area contributed by atoms with Gasteiger partial charge >= 0.3 is 0 Å². The maximum absolute atomic E-state index is 2.55. The highest BCUT2D eigenvalue weighted by Crippen LogP contribution is 2.55. The van der Waals surface area contributed by atoms with Gasteiger partial charge in [-0.25, -0.2) is 0 Å². The first-order valence-corrected chi connectivity index (χ1v) is 21.1. The molecule has 0 unspecified atom stereocenters. The van der Waals surface area contributed by atoms with Crippen LogP contribution >= 0.6 is 0 Å². The zero-order valence-corrected chi connectivity index (χ0v) is 34.0. The number of hydrogen-bond acceptors (Lipinski definition) is 2. The summed E-state index contributed by atoms with van der Waals surface area (Å²) in [6.07, 6.45) is 4.45. The van der Waals surface area contributed by atoms with Crippen molar-refractivity contribution in [2.75, 3.05) is 9.80 Å². The van der Waals surface area contributed by atoms with Crippen LogP contribution in [0.1, 0.15) is 51.8 Å². The number of nitrogens with zero attached hydrogens (tertiary/aromatic N) is 3. The molecule has 0 radical (unpaired) electrons. The van der Waals surface area contributed by atoms with Crippen molar-refractivity contribution in [1.82, 2.24) is 4.57 Å². The predicted molar refractivity (Wildman–Crippen MR) is 248 cm³/mol. The highest BCUT2D eigenvalue weighted by Gasteiger charge is 2.45. The number of benzene rings is 8. The molecule has 2 aliphatic carbocycles. The van der Waals surface area contributed by atoms with Gasteiger partial charge in [-0.2, -0.15) is 0 Å². The van der Waals surface area contributed by atoms with Gasteiger partial charge in [0, 0.05) is 56.0 Å². The van der Waals surface area contributed by atoms with Gasteiger partial charge in [0.05, 0.1) is 11.0 Å². The van der Waals surface area contributed by atoms with E-state index in [9.17, 15) is 0 Å². The number of fused-ring (bicyclic) bond motifs is 7. The molecule has 0 saturated heterocycles. The molecule has 0 fully saturated rings. The lowest BCUT2D eigenvalue weighted by Crippen LogP contribution is -2.22. The van der Waals surface area contributed by atoms with Gasteiger partial charge in [-0.3, -0.25) is 0 Å². The molecule has 286 valence electrons. The summed E-state index contributed by atoms with van der Waals surface area (Å²) >= 11 is 0. The molecule has 0 aliphatic heterocycles. The van der Waals surface area contributed by atoms with Gasteiger partial charge in [0.2, 0.25) is 0 Å². The fourth-order valence-corrected chi connectivity index (χ4v) is 10.7. The van der Waals surface area contributed by atoms with Crippen molar-refractivity contribution in [3.8, 4) is 5.69 Å². The maximum atomic E-state index is 2.55. The second-order valence-corrected chi connectivity index (χ2v) is 16.7. The summed E-state index contributed by atoms with van der Waals surface area (Å²) < 4.78 is 2.45. The number of aromatic nitrogens is 1. The Kier molecular flexibility index (Phi) is 8.34. The molecular formula is C56H47N3. The molecule has 3 heteroatoms. The number of anilines is 6. The predicted octanol–water partition coefficient (Wildman–Crippen LogP) is 14.8. The molecule has 11 rings (SSSR count). The lowest BCUT2D eigenvalue weighted by Gasteiger charge is -2.32. The summed E-state index contributed by atoms with van der Waals surface area (Å²) in [4.78, 5) is 4.92. The first kappa shape index (κ1) is 35.3. The van der Waals surface area contributed by atoms with Crippen LogP contribution in [0.5, 0.6) is 0 Å². The third kappa shape index (κ3) is 5.63. The molecule has 59 heavy (non-hydrogen) atoms. The monoisotopic (exact) mass is 761 g/mol. The van der Waals surface area contributed by atoms with Crippen molar-refractivity contribution in [2.24, 2.45) is 0 Å². The molecule has 0 N–H and O–H groups in total. The van der Waals surface area contributed by atoms with Crippen LogP contribution in [-0.4, -0.2) is 4.57 Å². The Balaban J connectivity index is 1.08. The van der Waals surface area contributed by atoms with Gasteiger partial charge in [-0.1, -0.05) is 91.0 Å². The van der Waals surface area contributed by atoms with E-state index in [1.54, 1.807) is 0 Å². The highest BCUT2D eigenvalue weighted by molar-refractivity contribution is 6.14. The van der Waals surface area contributed by atoms with E-state index in [1.807, 2.05) is 0 Å². The fraction of sp³-hybridized carbons (Fsp3) is 0.143. The van der Waals surface area contributed by atoms with Gasteiger partial charge < -0.3 is 14.4 Å². The van der Waals surface area contributed by atoms with Crippen LogP contribution in [0.25, 0.3) is 27.5 Å². The quantitative estimate of drug-likeness (QED) is 0.160.